The third-order valence-corrected chi connectivity index (χ3v) is 5.11. The van der Waals surface area contributed by atoms with Gasteiger partial charge in [0, 0.05) is 25.2 Å². The van der Waals surface area contributed by atoms with Crippen LogP contribution in [0.4, 0.5) is 0 Å². The Morgan fingerprint density at radius 2 is 2.16 bits per heavy atom. The molecule has 3 heterocycles. The number of hydrogen-bond donors (Lipinski definition) is 0. The highest BCUT2D eigenvalue weighted by Crippen LogP contribution is 2.31. The Morgan fingerprint density at radius 3 is 2.84 bits per heavy atom. The van der Waals surface area contributed by atoms with Crippen molar-refractivity contribution in [3.05, 3.63) is 17.5 Å². The second kappa shape index (κ2) is 7.15. The standard InChI is InChI=1S/C18H27N3O4/c1-4-14-11-15(25-19-14)16(22)20-9-10-24-18(12-20)7-5-6-8-21(13(2)3)17(18)23/h11,13H,4-10,12H2,1-3H3. The molecule has 0 aromatic carbocycles. The Bertz CT molecular complexity index is 642. The Kier molecular flexibility index (Phi) is 5.13. The fraction of sp³-hybridized carbons (Fsp3) is 0.722. The van der Waals surface area contributed by atoms with E-state index < -0.39 is 5.60 Å². The minimum Gasteiger partial charge on any atom is -0.361 e. The van der Waals surface area contributed by atoms with Crippen molar-refractivity contribution in [2.45, 2.75) is 58.1 Å². The second-order valence-corrected chi connectivity index (χ2v) is 7.15. The number of carbonyl (C=O) groups is 2. The largest absolute Gasteiger partial charge is 0.361 e. The monoisotopic (exact) mass is 349 g/mol. The first-order valence-corrected chi connectivity index (χ1v) is 9.17. The quantitative estimate of drug-likeness (QED) is 0.833. The van der Waals surface area contributed by atoms with Gasteiger partial charge in [0.15, 0.2) is 5.60 Å². The smallest absolute Gasteiger partial charge is 0.292 e. The molecule has 2 amide bonds. The van der Waals surface area contributed by atoms with E-state index in [9.17, 15) is 9.59 Å². The number of rotatable bonds is 3. The molecule has 25 heavy (non-hydrogen) atoms. The van der Waals surface area contributed by atoms with E-state index in [2.05, 4.69) is 5.16 Å². The van der Waals surface area contributed by atoms with Crippen LogP contribution in [0.5, 0.6) is 0 Å². The number of aromatic nitrogens is 1. The number of aryl methyl sites for hydroxylation is 1. The van der Waals surface area contributed by atoms with Crippen molar-refractivity contribution < 1.29 is 18.8 Å². The molecule has 1 atom stereocenters. The summed E-state index contributed by atoms with van der Waals surface area (Å²) in [5.41, 5.74) is -0.176. The average molecular weight is 349 g/mol. The van der Waals surface area contributed by atoms with Crippen LogP contribution in [0.15, 0.2) is 10.6 Å². The minimum absolute atomic E-state index is 0.00400. The molecule has 0 bridgehead atoms. The van der Waals surface area contributed by atoms with Gasteiger partial charge in [-0.25, -0.2) is 0 Å². The molecule has 1 spiro atoms. The van der Waals surface area contributed by atoms with Gasteiger partial charge in [0.05, 0.1) is 18.8 Å². The summed E-state index contributed by atoms with van der Waals surface area (Å²) >= 11 is 0. The number of morpholine rings is 1. The van der Waals surface area contributed by atoms with Crippen LogP contribution in [0.25, 0.3) is 0 Å². The lowest BCUT2D eigenvalue weighted by Crippen LogP contribution is -2.61. The molecule has 138 valence electrons. The summed E-state index contributed by atoms with van der Waals surface area (Å²) < 4.78 is 11.2. The molecule has 0 radical (unpaired) electrons. The molecular weight excluding hydrogens is 322 g/mol. The summed E-state index contributed by atoms with van der Waals surface area (Å²) in [6.07, 6.45) is 3.24. The predicted octanol–water partition coefficient (Wildman–Crippen LogP) is 1.87. The highest BCUT2D eigenvalue weighted by Gasteiger charge is 2.48. The zero-order valence-electron chi connectivity index (χ0n) is 15.3. The van der Waals surface area contributed by atoms with E-state index in [0.29, 0.717) is 26.0 Å². The van der Waals surface area contributed by atoms with E-state index in [1.807, 2.05) is 25.7 Å². The van der Waals surface area contributed by atoms with Gasteiger partial charge >= 0.3 is 0 Å². The maximum Gasteiger partial charge on any atom is 0.292 e. The molecular formula is C18H27N3O4. The molecule has 1 aromatic heterocycles. The molecule has 0 saturated carbocycles. The van der Waals surface area contributed by atoms with Gasteiger partial charge in [-0.05, 0) is 39.5 Å². The summed E-state index contributed by atoms with van der Waals surface area (Å²) in [5, 5.41) is 3.89. The summed E-state index contributed by atoms with van der Waals surface area (Å²) in [5.74, 6) is 0.0167. The van der Waals surface area contributed by atoms with E-state index >= 15 is 0 Å². The first-order chi connectivity index (χ1) is 12.0. The molecule has 7 nitrogen and oxygen atoms in total. The molecule has 1 unspecified atom stereocenters. The van der Waals surface area contributed by atoms with Crippen molar-refractivity contribution in [1.29, 1.82) is 0 Å². The van der Waals surface area contributed by atoms with Crippen LogP contribution in [0.1, 0.15) is 56.3 Å². The van der Waals surface area contributed by atoms with Gasteiger partial charge in [-0.2, -0.15) is 0 Å². The fourth-order valence-corrected chi connectivity index (χ4v) is 3.63. The Labute approximate surface area is 148 Å². The van der Waals surface area contributed by atoms with E-state index in [4.69, 9.17) is 9.26 Å². The van der Waals surface area contributed by atoms with Gasteiger partial charge in [-0.1, -0.05) is 12.1 Å². The normalized spacial score (nSPS) is 24.9. The van der Waals surface area contributed by atoms with E-state index in [1.165, 1.54) is 0 Å². The number of nitrogens with zero attached hydrogens (tertiary/aromatic N) is 3. The molecule has 2 fully saturated rings. The van der Waals surface area contributed by atoms with Crippen LogP contribution < -0.4 is 0 Å². The van der Waals surface area contributed by atoms with Gasteiger partial charge in [0.2, 0.25) is 5.76 Å². The third kappa shape index (κ3) is 3.42. The molecule has 2 aliphatic heterocycles. The van der Waals surface area contributed by atoms with Gasteiger partial charge < -0.3 is 19.1 Å². The molecule has 7 heteroatoms. The summed E-state index contributed by atoms with van der Waals surface area (Å²) in [6.45, 7) is 7.83. The Hall–Kier alpha value is -1.89. The number of likely N-dealkylation sites (tertiary alicyclic amines) is 1. The summed E-state index contributed by atoms with van der Waals surface area (Å²) in [6, 6.07) is 1.80. The van der Waals surface area contributed by atoms with Crippen molar-refractivity contribution in [1.82, 2.24) is 15.0 Å². The maximum absolute atomic E-state index is 13.1. The van der Waals surface area contributed by atoms with Crippen molar-refractivity contribution in [2.24, 2.45) is 0 Å². The van der Waals surface area contributed by atoms with Gasteiger partial charge in [0.1, 0.15) is 0 Å². The number of hydrogen-bond acceptors (Lipinski definition) is 5. The van der Waals surface area contributed by atoms with Crippen molar-refractivity contribution in [3.8, 4) is 0 Å². The topological polar surface area (TPSA) is 75.9 Å². The number of carbonyl (C=O) groups excluding carboxylic acids is 2. The van der Waals surface area contributed by atoms with Crippen molar-refractivity contribution >= 4 is 11.8 Å². The first-order valence-electron chi connectivity index (χ1n) is 9.17. The van der Waals surface area contributed by atoms with Crippen LogP contribution in [0.3, 0.4) is 0 Å². The lowest BCUT2D eigenvalue weighted by atomic mass is 9.93. The van der Waals surface area contributed by atoms with Gasteiger partial charge in [-0.3, -0.25) is 9.59 Å². The van der Waals surface area contributed by atoms with E-state index in [0.717, 1.165) is 25.1 Å². The lowest BCUT2D eigenvalue weighted by Gasteiger charge is -2.43. The van der Waals surface area contributed by atoms with Crippen LogP contribution in [0.2, 0.25) is 0 Å². The lowest BCUT2D eigenvalue weighted by molar-refractivity contribution is -0.169. The van der Waals surface area contributed by atoms with Crippen LogP contribution in [0, 0.1) is 0 Å². The SMILES string of the molecule is CCc1cc(C(=O)N2CCOC3(CCCCN(C(C)C)C3=O)C2)on1. The fourth-order valence-electron chi connectivity index (χ4n) is 3.63. The van der Waals surface area contributed by atoms with Crippen LogP contribution in [-0.2, 0) is 16.0 Å². The Balaban J connectivity index is 1.81. The number of amides is 2. The third-order valence-electron chi connectivity index (χ3n) is 5.11. The minimum atomic E-state index is -0.928. The van der Waals surface area contributed by atoms with Crippen molar-refractivity contribution in [3.63, 3.8) is 0 Å². The predicted molar refractivity (Wildman–Crippen MR) is 91.2 cm³/mol. The highest BCUT2D eigenvalue weighted by atomic mass is 16.5. The van der Waals surface area contributed by atoms with Gasteiger partial charge in [-0.15, -0.1) is 0 Å². The molecule has 2 aliphatic rings. The zero-order chi connectivity index (χ0) is 18.0. The molecule has 3 rings (SSSR count). The van der Waals surface area contributed by atoms with Crippen molar-refractivity contribution in [2.75, 3.05) is 26.2 Å². The average Bonchev–Trinajstić information content (AvgIpc) is 3.03. The number of ether oxygens (including phenoxy) is 1. The maximum atomic E-state index is 13.1. The van der Waals surface area contributed by atoms with E-state index in [-0.39, 0.29) is 30.2 Å². The van der Waals surface area contributed by atoms with Gasteiger partial charge in [0.25, 0.3) is 11.8 Å². The zero-order valence-corrected chi connectivity index (χ0v) is 15.3. The summed E-state index contributed by atoms with van der Waals surface area (Å²) in [7, 11) is 0. The molecule has 0 N–H and O–H groups in total. The highest BCUT2D eigenvalue weighted by molar-refractivity contribution is 5.93. The Morgan fingerprint density at radius 1 is 1.36 bits per heavy atom. The molecule has 0 aliphatic carbocycles. The first kappa shape index (κ1) is 17.9. The van der Waals surface area contributed by atoms with Crippen LogP contribution in [-0.4, -0.2) is 64.7 Å². The molecule has 2 saturated heterocycles. The summed E-state index contributed by atoms with van der Waals surface area (Å²) in [4.78, 5) is 29.5. The second-order valence-electron chi connectivity index (χ2n) is 7.15. The van der Waals surface area contributed by atoms with Crippen LogP contribution >= 0.6 is 0 Å². The molecule has 1 aromatic rings. The van der Waals surface area contributed by atoms with E-state index in [1.54, 1.807) is 11.0 Å².